The molecule has 1 aliphatic rings. The lowest BCUT2D eigenvalue weighted by molar-refractivity contribution is 0.0968. The van der Waals surface area contributed by atoms with Gasteiger partial charge in [0.2, 0.25) is 0 Å². The van der Waals surface area contributed by atoms with Crippen molar-refractivity contribution in [1.82, 2.24) is 5.32 Å². The van der Waals surface area contributed by atoms with Gasteiger partial charge in [0.1, 0.15) is 14.8 Å². The van der Waals surface area contributed by atoms with Gasteiger partial charge in [0, 0.05) is 13.6 Å². The summed E-state index contributed by atoms with van der Waals surface area (Å²) in [5, 5.41) is 6.09. The SMILES string of the molecule is CCS(=O)(=O)c1c(NCC2CC2)sc(C(=O)NC)c1N. The number of sulfone groups is 1. The molecule has 1 heterocycles. The highest BCUT2D eigenvalue weighted by Gasteiger charge is 2.29. The van der Waals surface area contributed by atoms with Crippen LogP contribution in [0.4, 0.5) is 10.7 Å². The van der Waals surface area contributed by atoms with Crippen molar-refractivity contribution in [2.75, 3.05) is 30.4 Å². The average Bonchev–Trinajstić information content (AvgIpc) is 3.18. The van der Waals surface area contributed by atoms with Gasteiger partial charge in [-0.2, -0.15) is 0 Å². The number of anilines is 2. The van der Waals surface area contributed by atoms with Crippen molar-refractivity contribution in [2.45, 2.75) is 24.7 Å². The standard InChI is InChI=1S/C12H19N3O3S2/c1-3-20(17,18)10-8(13)9(11(16)14-2)19-12(10)15-6-7-4-5-7/h7,15H,3-6,13H2,1-2H3,(H,14,16). The summed E-state index contributed by atoms with van der Waals surface area (Å²) in [5.74, 6) is 0.192. The molecule has 0 aliphatic heterocycles. The molecule has 0 radical (unpaired) electrons. The first-order valence-corrected chi connectivity index (χ1v) is 8.98. The van der Waals surface area contributed by atoms with Gasteiger partial charge in [-0.3, -0.25) is 4.79 Å². The number of hydrogen-bond acceptors (Lipinski definition) is 6. The number of amides is 1. The molecule has 1 aromatic rings. The number of nitrogen functional groups attached to an aromatic ring is 1. The largest absolute Gasteiger partial charge is 0.396 e. The number of nitrogens with one attached hydrogen (secondary N) is 2. The van der Waals surface area contributed by atoms with E-state index in [9.17, 15) is 13.2 Å². The van der Waals surface area contributed by atoms with Gasteiger partial charge in [0.05, 0.1) is 11.4 Å². The molecule has 0 bridgehead atoms. The van der Waals surface area contributed by atoms with Gasteiger partial charge in [-0.1, -0.05) is 6.92 Å². The Kier molecular flexibility index (Phi) is 4.24. The van der Waals surface area contributed by atoms with Crippen LogP contribution in [0.15, 0.2) is 4.90 Å². The molecule has 0 spiro atoms. The number of carbonyl (C=O) groups is 1. The number of nitrogens with two attached hydrogens (primary N) is 1. The van der Waals surface area contributed by atoms with Gasteiger partial charge >= 0.3 is 0 Å². The summed E-state index contributed by atoms with van der Waals surface area (Å²) in [6.45, 7) is 2.29. The minimum atomic E-state index is -3.46. The van der Waals surface area contributed by atoms with E-state index in [-0.39, 0.29) is 27.1 Å². The summed E-state index contributed by atoms with van der Waals surface area (Å²) >= 11 is 1.10. The van der Waals surface area contributed by atoms with Gasteiger partial charge in [0.25, 0.3) is 5.91 Å². The molecule has 112 valence electrons. The number of carbonyl (C=O) groups excluding carboxylic acids is 1. The number of rotatable bonds is 6. The Labute approximate surface area is 122 Å². The van der Waals surface area contributed by atoms with Crippen molar-refractivity contribution in [3.8, 4) is 0 Å². The molecule has 1 aliphatic carbocycles. The first-order chi connectivity index (χ1) is 9.40. The van der Waals surface area contributed by atoms with Crippen molar-refractivity contribution >= 4 is 37.8 Å². The third-order valence-electron chi connectivity index (χ3n) is 3.27. The van der Waals surface area contributed by atoms with E-state index < -0.39 is 9.84 Å². The predicted octanol–water partition coefficient (Wildman–Crippen LogP) is 1.31. The Morgan fingerprint density at radius 1 is 1.45 bits per heavy atom. The van der Waals surface area contributed by atoms with Crippen LogP contribution in [0.25, 0.3) is 0 Å². The molecule has 1 saturated carbocycles. The van der Waals surface area contributed by atoms with Crippen LogP contribution in [-0.4, -0.2) is 33.7 Å². The molecule has 20 heavy (non-hydrogen) atoms. The zero-order valence-corrected chi connectivity index (χ0v) is 13.2. The number of hydrogen-bond donors (Lipinski definition) is 3. The van der Waals surface area contributed by atoms with Gasteiger partial charge in [0.15, 0.2) is 9.84 Å². The van der Waals surface area contributed by atoms with Crippen LogP contribution in [0.2, 0.25) is 0 Å². The summed E-state index contributed by atoms with van der Waals surface area (Å²) < 4.78 is 24.4. The second kappa shape index (κ2) is 5.61. The molecule has 6 nitrogen and oxygen atoms in total. The fraction of sp³-hybridized carbons (Fsp3) is 0.583. The monoisotopic (exact) mass is 317 g/mol. The smallest absolute Gasteiger partial charge is 0.263 e. The highest BCUT2D eigenvalue weighted by molar-refractivity contribution is 7.91. The predicted molar refractivity (Wildman–Crippen MR) is 81.1 cm³/mol. The Balaban J connectivity index is 2.43. The average molecular weight is 317 g/mol. The quantitative estimate of drug-likeness (QED) is 0.734. The molecule has 1 fully saturated rings. The minimum Gasteiger partial charge on any atom is -0.396 e. The number of thiophene rings is 1. The maximum absolute atomic E-state index is 12.2. The van der Waals surface area contributed by atoms with Crippen molar-refractivity contribution in [3.63, 3.8) is 0 Å². The highest BCUT2D eigenvalue weighted by atomic mass is 32.2. The van der Waals surface area contributed by atoms with Gasteiger partial charge in [-0.15, -0.1) is 11.3 Å². The molecule has 0 saturated heterocycles. The second-order valence-electron chi connectivity index (χ2n) is 4.81. The van der Waals surface area contributed by atoms with E-state index in [2.05, 4.69) is 10.6 Å². The first kappa shape index (κ1) is 15.1. The summed E-state index contributed by atoms with van der Waals surface area (Å²) in [6.07, 6.45) is 2.32. The zero-order chi connectivity index (χ0) is 14.9. The van der Waals surface area contributed by atoms with Crippen LogP contribution in [0.1, 0.15) is 29.4 Å². The minimum absolute atomic E-state index is 0.0424. The normalized spacial score (nSPS) is 15.1. The fourth-order valence-electron chi connectivity index (χ4n) is 1.84. The lowest BCUT2D eigenvalue weighted by Crippen LogP contribution is -2.18. The van der Waals surface area contributed by atoms with Crippen LogP contribution in [-0.2, 0) is 9.84 Å². The Hall–Kier alpha value is -1.28. The van der Waals surface area contributed by atoms with Crippen molar-refractivity contribution < 1.29 is 13.2 Å². The van der Waals surface area contributed by atoms with Crippen LogP contribution in [0, 0.1) is 5.92 Å². The fourth-order valence-corrected chi connectivity index (χ4v) is 4.46. The molecule has 8 heteroatoms. The molecule has 1 amide bonds. The van der Waals surface area contributed by atoms with E-state index in [1.54, 1.807) is 6.92 Å². The Bertz CT molecular complexity index is 618. The maximum Gasteiger partial charge on any atom is 0.263 e. The summed E-state index contributed by atoms with van der Waals surface area (Å²) in [4.78, 5) is 12.1. The zero-order valence-electron chi connectivity index (χ0n) is 11.5. The Morgan fingerprint density at radius 2 is 2.10 bits per heavy atom. The summed E-state index contributed by atoms with van der Waals surface area (Å²) in [6, 6.07) is 0. The molecular weight excluding hydrogens is 298 g/mol. The lowest BCUT2D eigenvalue weighted by atomic mass is 10.3. The molecule has 0 atom stereocenters. The Morgan fingerprint density at radius 3 is 2.60 bits per heavy atom. The van der Waals surface area contributed by atoms with Crippen LogP contribution < -0.4 is 16.4 Å². The highest BCUT2D eigenvalue weighted by Crippen LogP contribution is 2.40. The maximum atomic E-state index is 12.2. The molecule has 4 N–H and O–H groups in total. The third kappa shape index (κ3) is 2.90. The van der Waals surface area contributed by atoms with Crippen molar-refractivity contribution in [2.24, 2.45) is 5.92 Å². The molecular formula is C12H19N3O3S2. The van der Waals surface area contributed by atoms with E-state index in [1.165, 1.54) is 7.05 Å². The van der Waals surface area contributed by atoms with Gasteiger partial charge in [-0.05, 0) is 18.8 Å². The summed E-state index contributed by atoms with van der Waals surface area (Å²) in [5.41, 5.74) is 5.95. The van der Waals surface area contributed by atoms with Crippen LogP contribution >= 0.6 is 11.3 Å². The van der Waals surface area contributed by atoms with E-state index in [0.717, 1.165) is 30.7 Å². The van der Waals surface area contributed by atoms with Crippen LogP contribution in [0.5, 0.6) is 0 Å². The topological polar surface area (TPSA) is 101 Å². The van der Waals surface area contributed by atoms with E-state index in [0.29, 0.717) is 10.9 Å². The van der Waals surface area contributed by atoms with Gasteiger partial charge < -0.3 is 16.4 Å². The lowest BCUT2D eigenvalue weighted by Gasteiger charge is -2.07. The first-order valence-electron chi connectivity index (χ1n) is 6.51. The van der Waals surface area contributed by atoms with Gasteiger partial charge in [-0.25, -0.2) is 8.42 Å². The van der Waals surface area contributed by atoms with E-state index in [1.807, 2.05) is 0 Å². The third-order valence-corrected chi connectivity index (χ3v) is 6.37. The molecule has 1 aromatic heterocycles. The van der Waals surface area contributed by atoms with Crippen LogP contribution in [0.3, 0.4) is 0 Å². The van der Waals surface area contributed by atoms with Crippen molar-refractivity contribution in [3.05, 3.63) is 4.88 Å². The summed E-state index contributed by atoms with van der Waals surface area (Å²) in [7, 11) is -1.97. The van der Waals surface area contributed by atoms with E-state index >= 15 is 0 Å². The molecule has 2 rings (SSSR count). The van der Waals surface area contributed by atoms with Crippen molar-refractivity contribution in [1.29, 1.82) is 0 Å². The molecule has 0 unspecified atom stereocenters. The molecule has 0 aromatic carbocycles. The van der Waals surface area contributed by atoms with E-state index in [4.69, 9.17) is 5.73 Å². The second-order valence-corrected chi connectivity index (χ2v) is 8.05.